The maximum atomic E-state index is 12.1. The number of carbonyl (C=O) groups is 1. The Bertz CT molecular complexity index is 567. The Morgan fingerprint density at radius 2 is 2.20 bits per heavy atom. The van der Waals surface area contributed by atoms with Crippen molar-refractivity contribution in [1.82, 2.24) is 0 Å². The van der Waals surface area contributed by atoms with Crippen LogP contribution in [0.15, 0.2) is 23.4 Å². The fourth-order valence-electron chi connectivity index (χ4n) is 2.15. The first-order chi connectivity index (χ1) is 9.39. The SMILES string of the molecule is COc1cc(/C(N)=N/O)ccc1NC(=O)C1CC1(C)C. The number of nitrogens with two attached hydrogens (primary N) is 1. The van der Waals surface area contributed by atoms with Gasteiger partial charge < -0.3 is 21.0 Å². The lowest BCUT2D eigenvalue weighted by Crippen LogP contribution is -2.18. The zero-order chi connectivity index (χ0) is 14.9. The van der Waals surface area contributed by atoms with E-state index < -0.39 is 0 Å². The Morgan fingerprint density at radius 1 is 1.55 bits per heavy atom. The van der Waals surface area contributed by atoms with Crippen molar-refractivity contribution in [2.75, 3.05) is 12.4 Å². The van der Waals surface area contributed by atoms with Crippen LogP contribution in [0.2, 0.25) is 0 Å². The molecular weight excluding hydrogens is 258 g/mol. The normalized spacial score (nSPS) is 20.4. The quantitative estimate of drug-likeness (QED) is 0.338. The van der Waals surface area contributed by atoms with Crippen LogP contribution in [0, 0.1) is 11.3 Å². The summed E-state index contributed by atoms with van der Waals surface area (Å²) in [6.45, 7) is 4.13. The number of amides is 1. The van der Waals surface area contributed by atoms with Crippen molar-refractivity contribution in [3.8, 4) is 5.75 Å². The van der Waals surface area contributed by atoms with E-state index in [0.29, 0.717) is 17.0 Å². The highest BCUT2D eigenvalue weighted by molar-refractivity contribution is 6.00. The summed E-state index contributed by atoms with van der Waals surface area (Å²) in [6.07, 6.45) is 0.892. The van der Waals surface area contributed by atoms with E-state index in [0.717, 1.165) is 6.42 Å². The molecule has 6 heteroatoms. The van der Waals surface area contributed by atoms with E-state index in [1.165, 1.54) is 7.11 Å². The first kappa shape index (κ1) is 14.2. The first-order valence-electron chi connectivity index (χ1n) is 6.36. The van der Waals surface area contributed by atoms with E-state index in [4.69, 9.17) is 15.7 Å². The molecule has 1 unspecified atom stereocenters. The summed E-state index contributed by atoms with van der Waals surface area (Å²) in [4.78, 5) is 12.1. The van der Waals surface area contributed by atoms with Gasteiger partial charge in [0.2, 0.25) is 5.91 Å². The molecule has 0 spiro atoms. The Balaban J connectivity index is 2.18. The fourth-order valence-corrected chi connectivity index (χ4v) is 2.15. The summed E-state index contributed by atoms with van der Waals surface area (Å²) in [5, 5.41) is 14.4. The summed E-state index contributed by atoms with van der Waals surface area (Å²) in [5.41, 5.74) is 6.70. The highest BCUT2D eigenvalue weighted by Gasteiger charge is 2.50. The maximum Gasteiger partial charge on any atom is 0.228 e. The molecule has 1 saturated carbocycles. The molecule has 1 amide bonds. The molecule has 1 aliphatic carbocycles. The Morgan fingerprint density at radius 3 is 2.70 bits per heavy atom. The van der Waals surface area contributed by atoms with Gasteiger partial charge in [0.25, 0.3) is 0 Å². The number of benzene rings is 1. The van der Waals surface area contributed by atoms with Crippen LogP contribution < -0.4 is 15.8 Å². The van der Waals surface area contributed by atoms with Gasteiger partial charge >= 0.3 is 0 Å². The molecule has 1 aromatic carbocycles. The van der Waals surface area contributed by atoms with Gasteiger partial charge in [0.15, 0.2) is 5.84 Å². The van der Waals surface area contributed by atoms with E-state index in [-0.39, 0.29) is 23.1 Å². The molecule has 6 nitrogen and oxygen atoms in total. The monoisotopic (exact) mass is 277 g/mol. The van der Waals surface area contributed by atoms with Crippen molar-refractivity contribution in [2.45, 2.75) is 20.3 Å². The molecule has 1 aliphatic rings. The number of oxime groups is 1. The predicted molar refractivity (Wildman–Crippen MR) is 76.0 cm³/mol. The van der Waals surface area contributed by atoms with E-state index in [9.17, 15) is 4.79 Å². The Kier molecular flexibility index (Phi) is 3.57. The smallest absolute Gasteiger partial charge is 0.228 e. The van der Waals surface area contributed by atoms with Crippen LogP contribution in [-0.4, -0.2) is 24.1 Å². The zero-order valence-electron chi connectivity index (χ0n) is 11.8. The molecule has 0 aliphatic heterocycles. The van der Waals surface area contributed by atoms with E-state index in [1.807, 2.05) is 0 Å². The van der Waals surface area contributed by atoms with Crippen LogP contribution >= 0.6 is 0 Å². The van der Waals surface area contributed by atoms with Crippen LogP contribution in [0.4, 0.5) is 5.69 Å². The van der Waals surface area contributed by atoms with E-state index in [1.54, 1.807) is 18.2 Å². The van der Waals surface area contributed by atoms with Crippen LogP contribution in [0.5, 0.6) is 5.75 Å². The molecule has 20 heavy (non-hydrogen) atoms. The number of anilines is 1. The molecule has 0 heterocycles. The molecule has 1 aromatic rings. The summed E-state index contributed by atoms with van der Waals surface area (Å²) in [7, 11) is 1.50. The molecule has 0 bridgehead atoms. The average molecular weight is 277 g/mol. The van der Waals surface area contributed by atoms with Crippen molar-refractivity contribution in [3.63, 3.8) is 0 Å². The number of nitrogens with zero attached hydrogens (tertiary/aromatic N) is 1. The highest BCUT2D eigenvalue weighted by Crippen LogP contribution is 2.52. The zero-order valence-corrected chi connectivity index (χ0v) is 11.8. The number of ether oxygens (including phenoxy) is 1. The molecule has 0 aromatic heterocycles. The average Bonchev–Trinajstić information content (AvgIpc) is 3.07. The lowest BCUT2D eigenvalue weighted by atomic mass is 10.1. The minimum Gasteiger partial charge on any atom is -0.495 e. The predicted octanol–water partition coefficient (Wildman–Crippen LogP) is 1.77. The van der Waals surface area contributed by atoms with Gasteiger partial charge in [-0.2, -0.15) is 0 Å². The van der Waals surface area contributed by atoms with Crippen LogP contribution in [-0.2, 0) is 4.79 Å². The minimum atomic E-state index is -0.00972. The first-order valence-corrected chi connectivity index (χ1v) is 6.36. The maximum absolute atomic E-state index is 12.1. The third-order valence-electron chi connectivity index (χ3n) is 3.69. The molecule has 2 rings (SSSR count). The van der Waals surface area contributed by atoms with Crippen molar-refractivity contribution in [2.24, 2.45) is 22.2 Å². The minimum absolute atomic E-state index is 0.00940. The van der Waals surface area contributed by atoms with Crippen LogP contribution in [0.1, 0.15) is 25.8 Å². The summed E-state index contributed by atoms with van der Waals surface area (Å²) >= 11 is 0. The van der Waals surface area contributed by atoms with Crippen LogP contribution in [0.25, 0.3) is 0 Å². The fraction of sp³-hybridized carbons (Fsp3) is 0.429. The lowest BCUT2D eigenvalue weighted by molar-refractivity contribution is -0.118. The summed E-state index contributed by atoms with van der Waals surface area (Å²) in [6, 6.07) is 4.95. The van der Waals surface area contributed by atoms with Crippen molar-refractivity contribution in [1.29, 1.82) is 0 Å². The van der Waals surface area contributed by atoms with Gasteiger partial charge in [-0.1, -0.05) is 19.0 Å². The van der Waals surface area contributed by atoms with Gasteiger partial charge in [-0.05, 0) is 30.0 Å². The van der Waals surface area contributed by atoms with Gasteiger partial charge in [-0.3, -0.25) is 4.79 Å². The molecule has 1 atom stereocenters. The molecule has 4 N–H and O–H groups in total. The van der Waals surface area contributed by atoms with E-state index in [2.05, 4.69) is 24.3 Å². The third kappa shape index (κ3) is 2.68. The van der Waals surface area contributed by atoms with Gasteiger partial charge in [-0.15, -0.1) is 0 Å². The second kappa shape index (κ2) is 5.03. The molecular formula is C14H19N3O3. The molecule has 0 radical (unpaired) electrons. The van der Waals surface area contributed by atoms with Gasteiger partial charge in [0, 0.05) is 11.5 Å². The van der Waals surface area contributed by atoms with Gasteiger partial charge in [0.1, 0.15) is 5.75 Å². The van der Waals surface area contributed by atoms with Gasteiger partial charge in [0.05, 0.1) is 12.8 Å². The molecule has 108 valence electrons. The Labute approximate surface area is 117 Å². The number of hydrogen-bond acceptors (Lipinski definition) is 4. The van der Waals surface area contributed by atoms with Crippen molar-refractivity contribution >= 4 is 17.4 Å². The third-order valence-corrected chi connectivity index (χ3v) is 3.69. The number of hydrogen-bond donors (Lipinski definition) is 3. The second-order valence-electron chi connectivity index (χ2n) is 5.63. The molecule has 0 saturated heterocycles. The molecule has 1 fully saturated rings. The Hall–Kier alpha value is -2.24. The standard InChI is InChI=1S/C14H19N3O3/c1-14(2)7-9(14)13(18)16-10-5-4-8(12(15)17-19)6-11(10)20-3/h4-6,9,19H,7H2,1-3H3,(H2,15,17)(H,16,18). The summed E-state index contributed by atoms with van der Waals surface area (Å²) < 4.78 is 5.23. The number of amidine groups is 1. The van der Waals surface area contributed by atoms with E-state index >= 15 is 0 Å². The number of rotatable bonds is 4. The van der Waals surface area contributed by atoms with Crippen molar-refractivity contribution in [3.05, 3.63) is 23.8 Å². The summed E-state index contributed by atoms with van der Waals surface area (Å²) in [5.74, 6) is 0.492. The topological polar surface area (TPSA) is 96.9 Å². The highest BCUT2D eigenvalue weighted by atomic mass is 16.5. The number of carbonyl (C=O) groups excluding carboxylic acids is 1. The van der Waals surface area contributed by atoms with Gasteiger partial charge in [-0.25, -0.2) is 0 Å². The number of nitrogens with one attached hydrogen (secondary N) is 1. The second-order valence-corrected chi connectivity index (χ2v) is 5.63. The van der Waals surface area contributed by atoms with Crippen LogP contribution in [0.3, 0.4) is 0 Å². The largest absolute Gasteiger partial charge is 0.495 e. The lowest BCUT2D eigenvalue weighted by Gasteiger charge is -2.12. The van der Waals surface area contributed by atoms with Crippen molar-refractivity contribution < 1.29 is 14.7 Å². The number of methoxy groups -OCH3 is 1.